The van der Waals surface area contributed by atoms with Gasteiger partial charge in [0.2, 0.25) is 5.91 Å². The van der Waals surface area contributed by atoms with Crippen LogP contribution in [0.4, 0.5) is 21.0 Å². The summed E-state index contributed by atoms with van der Waals surface area (Å²) < 4.78 is 14.1. The SMILES string of the molecule is CC(C)c1cccc(C(C)C)c1NC(=O)Nc1ccc(Oc2ccc3nc(COc4ccc(CC5SC(=O)NC5=O)cc4)n(C)c3c2)cc1. The van der Waals surface area contributed by atoms with Gasteiger partial charge in [0.25, 0.3) is 5.24 Å². The molecule has 4 aromatic carbocycles. The van der Waals surface area contributed by atoms with Gasteiger partial charge < -0.3 is 24.7 Å². The molecule has 11 heteroatoms. The third-order valence-corrected chi connectivity index (χ3v) is 9.37. The van der Waals surface area contributed by atoms with Crippen molar-refractivity contribution in [2.75, 3.05) is 10.6 Å². The second kappa shape index (κ2) is 14.4. The number of urea groups is 1. The second-order valence-corrected chi connectivity index (χ2v) is 13.8. The minimum absolute atomic E-state index is 0.248. The molecule has 1 atom stereocenters. The number of carbonyl (C=O) groups is 3. The molecule has 0 spiro atoms. The van der Waals surface area contributed by atoms with Crippen LogP contribution < -0.4 is 25.4 Å². The van der Waals surface area contributed by atoms with Gasteiger partial charge in [0.15, 0.2) is 0 Å². The zero-order valence-corrected chi connectivity index (χ0v) is 28.9. The fraction of sp³-hybridized carbons (Fsp3) is 0.263. The number of benzene rings is 4. The highest BCUT2D eigenvalue weighted by Crippen LogP contribution is 2.33. The topological polar surface area (TPSA) is 124 Å². The number of rotatable bonds is 11. The summed E-state index contributed by atoms with van der Waals surface area (Å²) in [5.41, 5.74) is 6.39. The number of fused-ring (bicyclic) bond motifs is 1. The number of thioether (sulfide) groups is 1. The van der Waals surface area contributed by atoms with Crippen LogP contribution in [0.3, 0.4) is 0 Å². The minimum atomic E-state index is -0.403. The van der Waals surface area contributed by atoms with Gasteiger partial charge in [0, 0.05) is 24.5 Å². The van der Waals surface area contributed by atoms with Gasteiger partial charge in [-0.1, -0.05) is 69.8 Å². The fourth-order valence-electron chi connectivity index (χ4n) is 5.74. The Kier molecular flexibility index (Phi) is 9.91. The van der Waals surface area contributed by atoms with E-state index < -0.39 is 5.25 Å². The lowest BCUT2D eigenvalue weighted by Crippen LogP contribution is -2.25. The van der Waals surface area contributed by atoms with Gasteiger partial charge in [-0.2, -0.15) is 0 Å². The number of anilines is 2. The molecule has 252 valence electrons. The zero-order valence-electron chi connectivity index (χ0n) is 28.1. The van der Waals surface area contributed by atoms with Crippen LogP contribution in [-0.2, 0) is 24.9 Å². The maximum absolute atomic E-state index is 13.0. The molecule has 3 N–H and O–H groups in total. The third kappa shape index (κ3) is 7.89. The van der Waals surface area contributed by atoms with Crippen LogP contribution in [0.5, 0.6) is 17.2 Å². The Labute approximate surface area is 289 Å². The predicted octanol–water partition coefficient (Wildman–Crippen LogP) is 8.73. The lowest BCUT2D eigenvalue weighted by molar-refractivity contribution is -0.118. The van der Waals surface area contributed by atoms with E-state index in [0.717, 1.165) is 51.0 Å². The first-order chi connectivity index (χ1) is 23.5. The molecule has 1 aliphatic heterocycles. The Bertz CT molecular complexity index is 1980. The maximum Gasteiger partial charge on any atom is 0.323 e. The second-order valence-electron chi connectivity index (χ2n) is 12.6. The summed E-state index contributed by atoms with van der Waals surface area (Å²) in [6.07, 6.45) is 0.475. The molecule has 1 fully saturated rings. The number of carbonyl (C=O) groups excluding carboxylic acids is 3. The summed E-state index contributed by atoms with van der Waals surface area (Å²) in [5.74, 6) is 3.00. The number of para-hydroxylation sites is 1. The van der Waals surface area contributed by atoms with Crippen molar-refractivity contribution in [3.63, 3.8) is 0 Å². The van der Waals surface area contributed by atoms with Crippen LogP contribution in [0.1, 0.15) is 62.0 Å². The van der Waals surface area contributed by atoms with E-state index in [1.165, 1.54) is 0 Å². The Hall–Kier alpha value is -5.29. The average molecular weight is 678 g/mol. The Balaban J connectivity index is 1.05. The predicted molar refractivity (Wildman–Crippen MR) is 194 cm³/mol. The number of aromatic nitrogens is 2. The quantitative estimate of drug-likeness (QED) is 0.128. The molecule has 0 radical (unpaired) electrons. The Morgan fingerprint density at radius 3 is 2.16 bits per heavy atom. The molecule has 0 bridgehead atoms. The summed E-state index contributed by atoms with van der Waals surface area (Å²) >= 11 is 1.02. The standard InChI is InChI=1S/C38H39N5O5S/c1-22(2)29-7-6-8-30(23(3)4)35(29)41-37(45)39-25-11-15-27(16-12-25)48-28-17-18-31-32(20-28)43(5)34(40-31)21-47-26-13-9-24(10-14-26)19-33-36(44)42-38(46)49-33/h6-18,20,22-23,33H,19,21H2,1-5H3,(H2,39,41,45)(H,42,44,46). The van der Waals surface area contributed by atoms with E-state index in [-0.39, 0.29) is 35.6 Å². The monoisotopic (exact) mass is 677 g/mol. The van der Waals surface area contributed by atoms with Gasteiger partial charge in [0.05, 0.1) is 16.3 Å². The lowest BCUT2D eigenvalue weighted by atomic mass is 9.93. The molecule has 6 rings (SSSR count). The molecule has 1 saturated heterocycles. The van der Waals surface area contributed by atoms with Crippen molar-refractivity contribution in [3.8, 4) is 17.2 Å². The molecule has 4 amide bonds. The number of imide groups is 1. The van der Waals surface area contributed by atoms with Crippen LogP contribution in [0.15, 0.2) is 84.9 Å². The normalized spacial score (nSPS) is 14.4. The number of nitrogens with zero attached hydrogens (tertiary/aromatic N) is 2. The first-order valence-electron chi connectivity index (χ1n) is 16.2. The first-order valence-corrected chi connectivity index (χ1v) is 17.1. The van der Waals surface area contributed by atoms with Crippen LogP contribution in [0.2, 0.25) is 0 Å². The largest absolute Gasteiger partial charge is 0.486 e. The molecule has 1 aromatic heterocycles. The number of nitrogens with one attached hydrogen (secondary N) is 3. The number of ether oxygens (including phenoxy) is 2. The molecule has 0 aliphatic carbocycles. The fourth-order valence-corrected chi connectivity index (χ4v) is 6.60. The summed E-state index contributed by atoms with van der Waals surface area (Å²) in [4.78, 5) is 41.0. The van der Waals surface area contributed by atoms with E-state index in [9.17, 15) is 14.4 Å². The van der Waals surface area contributed by atoms with Crippen LogP contribution in [-0.4, -0.2) is 32.0 Å². The minimum Gasteiger partial charge on any atom is -0.486 e. The number of amides is 4. The molecule has 2 heterocycles. The van der Waals surface area contributed by atoms with Crippen molar-refractivity contribution >= 4 is 51.3 Å². The van der Waals surface area contributed by atoms with Gasteiger partial charge in [-0.3, -0.25) is 14.9 Å². The van der Waals surface area contributed by atoms with Crippen molar-refractivity contribution < 1.29 is 23.9 Å². The van der Waals surface area contributed by atoms with Crippen molar-refractivity contribution in [2.45, 2.75) is 57.8 Å². The molecule has 1 unspecified atom stereocenters. The van der Waals surface area contributed by atoms with Gasteiger partial charge >= 0.3 is 6.03 Å². The highest BCUT2D eigenvalue weighted by atomic mass is 32.2. The van der Waals surface area contributed by atoms with E-state index in [0.29, 0.717) is 29.4 Å². The lowest BCUT2D eigenvalue weighted by Gasteiger charge is -2.20. The van der Waals surface area contributed by atoms with E-state index in [2.05, 4.69) is 55.8 Å². The Morgan fingerprint density at radius 2 is 1.53 bits per heavy atom. The smallest absolute Gasteiger partial charge is 0.323 e. The van der Waals surface area contributed by atoms with Crippen molar-refractivity contribution in [2.24, 2.45) is 7.05 Å². The van der Waals surface area contributed by atoms with Gasteiger partial charge in [-0.15, -0.1) is 0 Å². The van der Waals surface area contributed by atoms with E-state index in [1.54, 1.807) is 0 Å². The van der Waals surface area contributed by atoms with E-state index >= 15 is 0 Å². The molecule has 49 heavy (non-hydrogen) atoms. The number of imidazole rings is 1. The van der Waals surface area contributed by atoms with E-state index in [1.807, 2.05) is 84.4 Å². The van der Waals surface area contributed by atoms with Crippen LogP contribution in [0.25, 0.3) is 11.0 Å². The summed E-state index contributed by atoms with van der Waals surface area (Å²) in [5, 5.41) is 7.63. The van der Waals surface area contributed by atoms with Gasteiger partial charge in [-0.25, -0.2) is 9.78 Å². The third-order valence-electron chi connectivity index (χ3n) is 8.38. The maximum atomic E-state index is 13.0. The molecular weight excluding hydrogens is 639 g/mol. The molecule has 10 nitrogen and oxygen atoms in total. The summed E-state index contributed by atoms with van der Waals surface area (Å²) in [6.45, 7) is 8.75. The number of hydrogen-bond donors (Lipinski definition) is 3. The van der Waals surface area contributed by atoms with E-state index in [4.69, 9.17) is 14.5 Å². The molecule has 5 aromatic rings. The number of aryl methyl sites for hydroxylation is 1. The first kappa shape index (κ1) is 33.6. The van der Waals surface area contributed by atoms with Crippen LogP contribution >= 0.6 is 11.8 Å². The molecule has 0 saturated carbocycles. The molecular formula is C38H39N5O5S. The molecule has 1 aliphatic rings. The van der Waals surface area contributed by atoms with Crippen molar-refractivity contribution in [1.82, 2.24) is 14.9 Å². The Morgan fingerprint density at radius 1 is 0.878 bits per heavy atom. The number of hydrogen-bond acceptors (Lipinski definition) is 7. The zero-order chi connectivity index (χ0) is 34.7. The summed E-state index contributed by atoms with van der Waals surface area (Å²) in [6, 6.07) is 26.3. The average Bonchev–Trinajstić information content (AvgIpc) is 3.56. The van der Waals surface area contributed by atoms with Gasteiger partial charge in [0.1, 0.15) is 29.7 Å². The van der Waals surface area contributed by atoms with Crippen LogP contribution in [0, 0.1) is 0 Å². The highest BCUT2D eigenvalue weighted by Gasteiger charge is 2.31. The highest BCUT2D eigenvalue weighted by molar-refractivity contribution is 8.15. The summed E-state index contributed by atoms with van der Waals surface area (Å²) in [7, 11) is 1.93. The van der Waals surface area contributed by atoms with Crippen molar-refractivity contribution in [1.29, 1.82) is 0 Å². The van der Waals surface area contributed by atoms with Crippen molar-refractivity contribution in [3.05, 3.63) is 107 Å². The van der Waals surface area contributed by atoms with Gasteiger partial charge in [-0.05, 0) is 83.5 Å².